The number of benzene rings is 1. The van der Waals surface area contributed by atoms with Crippen molar-refractivity contribution in [1.29, 1.82) is 0 Å². The van der Waals surface area contributed by atoms with Crippen molar-refractivity contribution in [3.63, 3.8) is 0 Å². The van der Waals surface area contributed by atoms with Crippen molar-refractivity contribution in [2.45, 2.75) is 33.2 Å². The third-order valence-electron chi connectivity index (χ3n) is 4.01. The predicted molar refractivity (Wildman–Crippen MR) is 86.4 cm³/mol. The number of rotatable bonds is 4. The van der Waals surface area contributed by atoms with Gasteiger partial charge in [0, 0.05) is 30.8 Å². The van der Waals surface area contributed by atoms with Crippen LogP contribution < -0.4 is 4.90 Å². The van der Waals surface area contributed by atoms with E-state index in [4.69, 9.17) is 0 Å². The largest absolute Gasteiger partial charge is 0.468 e. The summed E-state index contributed by atoms with van der Waals surface area (Å²) in [4.78, 5) is 39.0. The average molecular weight is 318 g/mol. The van der Waals surface area contributed by atoms with Crippen LogP contribution >= 0.6 is 0 Å². The summed E-state index contributed by atoms with van der Waals surface area (Å²) in [7, 11) is 1.30. The zero-order valence-corrected chi connectivity index (χ0v) is 14.0. The van der Waals surface area contributed by atoms with E-state index in [1.807, 2.05) is 19.9 Å². The van der Waals surface area contributed by atoms with Crippen molar-refractivity contribution in [3.8, 4) is 0 Å². The minimum atomic E-state index is -0.448. The van der Waals surface area contributed by atoms with Crippen LogP contribution in [0, 0.1) is 0 Å². The van der Waals surface area contributed by atoms with E-state index in [0.29, 0.717) is 12.1 Å². The normalized spacial score (nSPS) is 13.0. The van der Waals surface area contributed by atoms with Gasteiger partial charge in [-0.15, -0.1) is 0 Å². The standard InChI is InChI=1S/C17H22N2O4/c1-11(2)19(10-16(21)23-4)17(22)14-5-6-15-13(9-14)7-8-18(15)12(3)20/h5-6,9,11H,7-8,10H2,1-4H3. The van der Waals surface area contributed by atoms with E-state index in [1.165, 1.54) is 18.9 Å². The highest BCUT2D eigenvalue weighted by molar-refractivity contribution is 5.99. The van der Waals surface area contributed by atoms with Gasteiger partial charge in [0.05, 0.1) is 7.11 Å². The Kier molecular flexibility index (Phi) is 5.03. The molecule has 2 amide bonds. The lowest BCUT2D eigenvalue weighted by molar-refractivity contribution is -0.141. The molecule has 0 fully saturated rings. The van der Waals surface area contributed by atoms with E-state index in [-0.39, 0.29) is 24.4 Å². The second-order valence-corrected chi connectivity index (χ2v) is 5.87. The molecule has 0 radical (unpaired) electrons. The lowest BCUT2D eigenvalue weighted by Gasteiger charge is -2.26. The Balaban J connectivity index is 2.26. The molecule has 23 heavy (non-hydrogen) atoms. The van der Waals surface area contributed by atoms with Crippen molar-refractivity contribution < 1.29 is 19.1 Å². The van der Waals surface area contributed by atoms with Crippen molar-refractivity contribution >= 4 is 23.5 Å². The molecule has 0 bridgehead atoms. The quantitative estimate of drug-likeness (QED) is 0.791. The smallest absolute Gasteiger partial charge is 0.325 e. The number of anilines is 1. The Morgan fingerprint density at radius 1 is 1.30 bits per heavy atom. The number of hydrogen-bond acceptors (Lipinski definition) is 4. The SMILES string of the molecule is COC(=O)CN(C(=O)c1ccc2c(c1)CCN2C(C)=O)C(C)C. The molecule has 0 saturated heterocycles. The van der Waals surface area contributed by atoms with Gasteiger partial charge in [0.2, 0.25) is 5.91 Å². The second-order valence-electron chi connectivity index (χ2n) is 5.87. The topological polar surface area (TPSA) is 66.9 Å². The lowest BCUT2D eigenvalue weighted by Crippen LogP contribution is -2.41. The number of fused-ring (bicyclic) bond motifs is 1. The first-order valence-electron chi connectivity index (χ1n) is 7.64. The summed E-state index contributed by atoms with van der Waals surface area (Å²) in [5.74, 6) is -0.664. The molecule has 1 heterocycles. The summed E-state index contributed by atoms with van der Waals surface area (Å²) in [5, 5.41) is 0. The monoisotopic (exact) mass is 318 g/mol. The Bertz CT molecular complexity index is 639. The molecule has 1 aromatic carbocycles. The summed E-state index contributed by atoms with van der Waals surface area (Å²) >= 11 is 0. The van der Waals surface area contributed by atoms with E-state index in [1.54, 1.807) is 17.0 Å². The third kappa shape index (κ3) is 3.52. The molecule has 6 nitrogen and oxygen atoms in total. The van der Waals surface area contributed by atoms with Gasteiger partial charge in [-0.3, -0.25) is 14.4 Å². The summed E-state index contributed by atoms with van der Waals surface area (Å²) in [6, 6.07) is 5.19. The second kappa shape index (κ2) is 6.81. The minimum Gasteiger partial charge on any atom is -0.468 e. The van der Waals surface area contributed by atoms with Crippen LogP contribution in [0.15, 0.2) is 18.2 Å². The first kappa shape index (κ1) is 17.0. The highest BCUT2D eigenvalue weighted by Crippen LogP contribution is 2.29. The van der Waals surface area contributed by atoms with Gasteiger partial charge in [-0.2, -0.15) is 0 Å². The number of methoxy groups -OCH3 is 1. The van der Waals surface area contributed by atoms with Crippen molar-refractivity contribution in [2.24, 2.45) is 0 Å². The van der Waals surface area contributed by atoms with Gasteiger partial charge in [-0.1, -0.05) is 0 Å². The predicted octanol–water partition coefficient (Wildman–Crippen LogP) is 1.62. The molecular weight excluding hydrogens is 296 g/mol. The number of nitrogens with zero attached hydrogens (tertiary/aromatic N) is 2. The number of esters is 1. The summed E-state index contributed by atoms with van der Waals surface area (Å²) < 4.78 is 4.65. The maximum absolute atomic E-state index is 12.7. The maximum atomic E-state index is 12.7. The Morgan fingerprint density at radius 3 is 2.57 bits per heavy atom. The summed E-state index contributed by atoms with van der Waals surface area (Å²) in [6.45, 7) is 5.80. The number of ether oxygens (including phenoxy) is 1. The summed E-state index contributed by atoms with van der Waals surface area (Å²) in [6.07, 6.45) is 0.731. The summed E-state index contributed by atoms with van der Waals surface area (Å²) in [5.41, 5.74) is 2.36. The van der Waals surface area contributed by atoms with Crippen LogP contribution in [0.25, 0.3) is 0 Å². The molecule has 2 rings (SSSR count). The number of amides is 2. The Morgan fingerprint density at radius 2 is 2.00 bits per heavy atom. The number of carbonyl (C=O) groups is 3. The Labute approximate surface area is 136 Å². The molecule has 0 atom stereocenters. The molecule has 0 unspecified atom stereocenters. The average Bonchev–Trinajstić information content (AvgIpc) is 2.94. The zero-order chi connectivity index (χ0) is 17.1. The minimum absolute atomic E-state index is 0.00248. The molecule has 1 aromatic rings. The molecule has 0 aromatic heterocycles. The van der Waals surface area contributed by atoms with Crippen LogP contribution in [0.3, 0.4) is 0 Å². The molecule has 6 heteroatoms. The van der Waals surface area contributed by atoms with E-state index >= 15 is 0 Å². The van der Waals surface area contributed by atoms with Gasteiger partial charge in [-0.05, 0) is 44.0 Å². The van der Waals surface area contributed by atoms with Crippen LogP contribution in [0.4, 0.5) is 5.69 Å². The van der Waals surface area contributed by atoms with Gasteiger partial charge < -0.3 is 14.5 Å². The molecule has 1 aliphatic rings. The van der Waals surface area contributed by atoms with E-state index in [9.17, 15) is 14.4 Å². The van der Waals surface area contributed by atoms with Crippen molar-refractivity contribution in [3.05, 3.63) is 29.3 Å². The number of hydrogen-bond donors (Lipinski definition) is 0. The fraction of sp³-hybridized carbons (Fsp3) is 0.471. The van der Waals surface area contributed by atoms with Crippen LogP contribution in [0.5, 0.6) is 0 Å². The molecular formula is C17H22N2O4. The fourth-order valence-corrected chi connectivity index (χ4v) is 2.72. The van der Waals surface area contributed by atoms with Gasteiger partial charge in [-0.25, -0.2) is 0 Å². The molecule has 0 saturated carbocycles. The highest BCUT2D eigenvalue weighted by atomic mass is 16.5. The maximum Gasteiger partial charge on any atom is 0.325 e. The molecule has 1 aliphatic heterocycles. The van der Waals surface area contributed by atoms with Crippen LogP contribution in [0.1, 0.15) is 36.7 Å². The molecule has 0 aliphatic carbocycles. The molecule has 124 valence electrons. The Hall–Kier alpha value is -2.37. The number of carbonyl (C=O) groups excluding carboxylic acids is 3. The third-order valence-corrected chi connectivity index (χ3v) is 4.01. The van der Waals surface area contributed by atoms with E-state index in [0.717, 1.165) is 17.7 Å². The van der Waals surface area contributed by atoms with Crippen LogP contribution in [-0.2, 0) is 20.7 Å². The van der Waals surface area contributed by atoms with Crippen LogP contribution in [0.2, 0.25) is 0 Å². The lowest BCUT2D eigenvalue weighted by atomic mass is 10.1. The first-order chi connectivity index (χ1) is 10.8. The molecule has 0 N–H and O–H groups in total. The van der Waals surface area contributed by atoms with Crippen molar-refractivity contribution in [1.82, 2.24) is 4.90 Å². The van der Waals surface area contributed by atoms with Gasteiger partial charge in [0.25, 0.3) is 5.91 Å². The highest BCUT2D eigenvalue weighted by Gasteiger charge is 2.26. The van der Waals surface area contributed by atoms with Gasteiger partial charge in [0.15, 0.2) is 0 Å². The van der Waals surface area contributed by atoms with Gasteiger partial charge >= 0.3 is 5.97 Å². The van der Waals surface area contributed by atoms with Crippen LogP contribution in [-0.4, -0.2) is 48.9 Å². The molecule has 0 spiro atoms. The van der Waals surface area contributed by atoms with Crippen molar-refractivity contribution in [2.75, 3.05) is 25.1 Å². The van der Waals surface area contributed by atoms with E-state index in [2.05, 4.69) is 4.74 Å². The fourth-order valence-electron chi connectivity index (χ4n) is 2.72. The first-order valence-corrected chi connectivity index (χ1v) is 7.64. The zero-order valence-electron chi connectivity index (χ0n) is 14.0. The van der Waals surface area contributed by atoms with Gasteiger partial charge in [0.1, 0.15) is 6.54 Å². The van der Waals surface area contributed by atoms with E-state index < -0.39 is 5.97 Å².